The van der Waals surface area contributed by atoms with Gasteiger partial charge in [-0.2, -0.15) is 0 Å². The summed E-state index contributed by atoms with van der Waals surface area (Å²) in [5.74, 6) is 0.171. The van der Waals surface area contributed by atoms with E-state index in [2.05, 4.69) is 5.32 Å². The van der Waals surface area contributed by atoms with E-state index in [-0.39, 0.29) is 23.8 Å². The molecule has 2 atom stereocenters. The molecule has 98 valence electrons. The molecule has 0 aromatic carbocycles. The van der Waals surface area contributed by atoms with Crippen LogP contribution in [0.2, 0.25) is 0 Å². The lowest BCUT2D eigenvalue weighted by Gasteiger charge is -2.46. The molecular formula is C13H24N2O2. The van der Waals surface area contributed by atoms with Crippen LogP contribution in [0.3, 0.4) is 0 Å². The number of nitrogens with one attached hydrogen (secondary N) is 1. The molecule has 4 nitrogen and oxygen atoms in total. The Morgan fingerprint density at radius 2 is 1.94 bits per heavy atom. The van der Waals surface area contributed by atoms with E-state index in [1.807, 2.05) is 34.6 Å². The number of carbonyl (C=O) groups excluding carboxylic acids is 2. The van der Waals surface area contributed by atoms with Gasteiger partial charge in [0.15, 0.2) is 0 Å². The van der Waals surface area contributed by atoms with Gasteiger partial charge in [0.25, 0.3) is 0 Å². The third-order valence-electron chi connectivity index (χ3n) is 3.71. The van der Waals surface area contributed by atoms with Crippen molar-refractivity contribution < 1.29 is 9.59 Å². The predicted molar refractivity (Wildman–Crippen MR) is 67.5 cm³/mol. The van der Waals surface area contributed by atoms with Crippen LogP contribution < -0.4 is 5.32 Å². The number of nitrogens with zero attached hydrogens (tertiary/aromatic N) is 1. The molecule has 1 fully saturated rings. The lowest BCUT2D eigenvalue weighted by atomic mass is 9.87. The predicted octanol–water partition coefficient (Wildman–Crippen LogP) is 1.55. The lowest BCUT2D eigenvalue weighted by molar-refractivity contribution is -0.158. The normalized spacial score (nSPS) is 29.8. The average molecular weight is 240 g/mol. The van der Waals surface area contributed by atoms with Crippen LogP contribution in [0.4, 0.5) is 0 Å². The molecule has 0 saturated carbocycles. The second kappa shape index (κ2) is 5.07. The number of hydrogen-bond acceptors (Lipinski definition) is 2. The molecule has 1 aliphatic heterocycles. The first-order valence-electron chi connectivity index (χ1n) is 6.50. The summed E-state index contributed by atoms with van der Waals surface area (Å²) in [4.78, 5) is 26.3. The van der Waals surface area contributed by atoms with Crippen LogP contribution in [0.15, 0.2) is 0 Å². The fourth-order valence-corrected chi connectivity index (χ4v) is 2.28. The Bertz CT molecular complexity index is 315. The minimum Gasteiger partial charge on any atom is -0.342 e. The van der Waals surface area contributed by atoms with Crippen LogP contribution in [0.5, 0.6) is 0 Å². The summed E-state index contributed by atoms with van der Waals surface area (Å²) in [6.07, 6.45) is 1.52. The van der Waals surface area contributed by atoms with Crippen LogP contribution in [0, 0.1) is 5.92 Å². The molecule has 0 aliphatic carbocycles. The molecule has 1 heterocycles. The van der Waals surface area contributed by atoms with Gasteiger partial charge in [-0.3, -0.25) is 9.59 Å². The lowest BCUT2D eigenvalue weighted by Crippen LogP contribution is -2.70. The number of piperazine rings is 1. The van der Waals surface area contributed by atoms with Crippen molar-refractivity contribution >= 4 is 11.8 Å². The van der Waals surface area contributed by atoms with E-state index in [1.54, 1.807) is 4.90 Å². The highest BCUT2D eigenvalue weighted by molar-refractivity contribution is 5.99. The summed E-state index contributed by atoms with van der Waals surface area (Å²) in [5, 5.41) is 2.87. The van der Waals surface area contributed by atoms with E-state index in [0.717, 1.165) is 6.42 Å². The molecule has 2 unspecified atom stereocenters. The maximum absolute atomic E-state index is 12.4. The van der Waals surface area contributed by atoms with Crippen molar-refractivity contribution in [2.75, 3.05) is 6.54 Å². The molecule has 4 heteroatoms. The van der Waals surface area contributed by atoms with Gasteiger partial charge in [-0.25, -0.2) is 0 Å². The van der Waals surface area contributed by atoms with Gasteiger partial charge >= 0.3 is 0 Å². The van der Waals surface area contributed by atoms with E-state index >= 15 is 0 Å². The smallest absolute Gasteiger partial charge is 0.246 e. The Kier molecular flexibility index (Phi) is 4.17. The second-order valence-corrected chi connectivity index (χ2v) is 5.31. The zero-order chi connectivity index (χ0) is 13.2. The minimum absolute atomic E-state index is 0.0215. The van der Waals surface area contributed by atoms with Crippen LogP contribution in [0.1, 0.15) is 47.5 Å². The summed E-state index contributed by atoms with van der Waals surface area (Å²) in [7, 11) is 0. The second-order valence-electron chi connectivity index (χ2n) is 5.31. The van der Waals surface area contributed by atoms with Crippen LogP contribution >= 0.6 is 0 Å². The Morgan fingerprint density at radius 1 is 1.35 bits per heavy atom. The monoisotopic (exact) mass is 240 g/mol. The Morgan fingerprint density at radius 3 is 2.35 bits per heavy atom. The maximum Gasteiger partial charge on any atom is 0.246 e. The number of rotatable bonds is 4. The van der Waals surface area contributed by atoms with Gasteiger partial charge in [-0.15, -0.1) is 0 Å². The van der Waals surface area contributed by atoms with Gasteiger partial charge in [-0.05, 0) is 25.7 Å². The Hall–Kier alpha value is -1.06. The maximum atomic E-state index is 12.4. The standard InChI is InChI=1S/C13H24N2O2/c1-6-8-15-11(16)10(9(3)4)14-12(17)13(15,5)7-2/h9-10H,6-8H2,1-5H3,(H,14,17). The molecule has 1 saturated heterocycles. The fraction of sp³-hybridized carbons (Fsp3) is 0.846. The number of carbonyl (C=O) groups is 2. The van der Waals surface area contributed by atoms with Gasteiger partial charge in [-0.1, -0.05) is 27.7 Å². The zero-order valence-corrected chi connectivity index (χ0v) is 11.5. The molecule has 0 bridgehead atoms. The van der Waals surface area contributed by atoms with Gasteiger partial charge in [0, 0.05) is 6.54 Å². The van der Waals surface area contributed by atoms with Crippen LogP contribution in [-0.2, 0) is 9.59 Å². The van der Waals surface area contributed by atoms with Crippen molar-refractivity contribution in [3.05, 3.63) is 0 Å². The Balaban J connectivity index is 3.06. The topological polar surface area (TPSA) is 49.4 Å². The number of amides is 2. The summed E-state index contributed by atoms with van der Waals surface area (Å²) in [6, 6.07) is -0.367. The third kappa shape index (κ3) is 2.31. The van der Waals surface area contributed by atoms with Crippen molar-refractivity contribution in [3.63, 3.8) is 0 Å². The fourth-order valence-electron chi connectivity index (χ4n) is 2.28. The van der Waals surface area contributed by atoms with Gasteiger partial charge in [0.1, 0.15) is 11.6 Å². The quantitative estimate of drug-likeness (QED) is 0.810. The molecule has 2 amide bonds. The first-order valence-corrected chi connectivity index (χ1v) is 6.50. The van der Waals surface area contributed by atoms with Crippen molar-refractivity contribution in [2.24, 2.45) is 5.92 Å². The molecule has 1 rings (SSSR count). The first-order chi connectivity index (χ1) is 7.88. The summed E-state index contributed by atoms with van der Waals surface area (Å²) in [5.41, 5.74) is -0.682. The van der Waals surface area contributed by atoms with Gasteiger partial charge in [0.2, 0.25) is 11.8 Å². The van der Waals surface area contributed by atoms with Crippen molar-refractivity contribution in [2.45, 2.75) is 59.0 Å². The van der Waals surface area contributed by atoms with Crippen molar-refractivity contribution in [1.29, 1.82) is 0 Å². The van der Waals surface area contributed by atoms with E-state index in [9.17, 15) is 9.59 Å². The number of hydrogen-bond donors (Lipinski definition) is 1. The summed E-state index contributed by atoms with van der Waals surface area (Å²) >= 11 is 0. The third-order valence-corrected chi connectivity index (χ3v) is 3.71. The Labute approximate surface area is 104 Å². The van der Waals surface area contributed by atoms with Crippen molar-refractivity contribution in [1.82, 2.24) is 10.2 Å². The molecule has 1 aliphatic rings. The largest absolute Gasteiger partial charge is 0.342 e. The minimum atomic E-state index is -0.682. The highest BCUT2D eigenvalue weighted by Crippen LogP contribution is 2.27. The summed E-state index contributed by atoms with van der Waals surface area (Å²) in [6.45, 7) is 10.4. The molecular weight excluding hydrogens is 216 g/mol. The SMILES string of the molecule is CCCN1C(=O)C(C(C)C)NC(=O)C1(C)CC. The summed E-state index contributed by atoms with van der Waals surface area (Å²) < 4.78 is 0. The van der Waals surface area contributed by atoms with E-state index in [1.165, 1.54) is 0 Å². The van der Waals surface area contributed by atoms with Gasteiger partial charge < -0.3 is 10.2 Å². The average Bonchev–Trinajstić information content (AvgIpc) is 2.29. The van der Waals surface area contributed by atoms with E-state index in [0.29, 0.717) is 13.0 Å². The first kappa shape index (κ1) is 14.0. The highest BCUT2D eigenvalue weighted by Gasteiger charge is 2.48. The van der Waals surface area contributed by atoms with E-state index in [4.69, 9.17) is 0 Å². The molecule has 0 aromatic heterocycles. The van der Waals surface area contributed by atoms with Gasteiger partial charge in [0.05, 0.1) is 0 Å². The van der Waals surface area contributed by atoms with Crippen LogP contribution in [-0.4, -0.2) is 34.8 Å². The molecule has 1 N–H and O–H groups in total. The van der Waals surface area contributed by atoms with Crippen molar-refractivity contribution in [3.8, 4) is 0 Å². The molecule has 0 aromatic rings. The van der Waals surface area contributed by atoms with Crippen LogP contribution in [0.25, 0.3) is 0 Å². The van der Waals surface area contributed by atoms with E-state index < -0.39 is 5.54 Å². The molecule has 0 spiro atoms. The zero-order valence-electron chi connectivity index (χ0n) is 11.5. The molecule has 0 radical (unpaired) electrons. The highest BCUT2D eigenvalue weighted by atomic mass is 16.2. The molecule has 17 heavy (non-hydrogen) atoms.